The molecule has 0 aliphatic rings. The summed E-state index contributed by atoms with van der Waals surface area (Å²) in [5, 5.41) is 16.9. The zero-order valence-corrected chi connectivity index (χ0v) is 13.9. The van der Waals surface area contributed by atoms with Crippen LogP contribution in [0.5, 0.6) is 11.5 Å². The normalized spacial score (nSPS) is 10.5. The van der Waals surface area contributed by atoms with Crippen LogP contribution >= 0.6 is 0 Å². The molecule has 0 amide bonds. The molecule has 26 heavy (non-hydrogen) atoms. The van der Waals surface area contributed by atoms with Crippen molar-refractivity contribution in [2.45, 2.75) is 13.2 Å². The molecular weight excluding hydrogens is 341 g/mol. The van der Waals surface area contributed by atoms with Gasteiger partial charge in [-0.3, -0.25) is 0 Å². The van der Waals surface area contributed by atoms with Crippen LogP contribution in [0.4, 0.5) is 4.39 Å². The van der Waals surface area contributed by atoms with Crippen LogP contribution in [0, 0.1) is 5.82 Å². The van der Waals surface area contributed by atoms with Gasteiger partial charge in [0.1, 0.15) is 36.9 Å². The molecule has 0 saturated heterocycles. The number of aromatic carboxylic acids is 1. The summed E-state index contributed by atoms with van der Waals surface area (Å²) in [7, 11) is 1.77. The minimum Gasteiger partial charge on any atom is -0.489 e. The maximum absolute atomic E-state index is 13.7. The molecule has 0 atom stereocenters. The second-order valence-electron chi connectivity index (χ2n) is 5.53. The predicted octanol–water partition coefficient (Wildman–Crippen LogP) is 2.81. The first-order chi connectivity index (χ1) is 12.5. The lowest BCUT2D eigenvalue weighted by Crippen LogP contribution is -2.05. The maximum atomic E-state index is 13.7. The first-order valence-corrected chi connectivity index (χ1v) is 7.73. The summed E-state index contributed by atoms with van der Waals surface area (Å²) in [5.41, 5.74) is 0.374. The number of carboxylic acid groups (broad SMARTS) is 1. The fourth-order valence-electron chi connectivity index (χ4n) is 2.22. The molecule has 0 saturated carbocycles. The van der Waals surface area contributed by atoms with Gasteiger partial charge in [-0.15, -0.1) is 10.2 Å². The summed E-state index contributed by atoms with van der Waals surface area (Å²) in [6.07, 6.45) is 1.54. The Kier molecular flexibility index (Phi) is 5.12. The molecule has 0 spiro atoms. The van der Waals surface area contributed by atoms with E-state index >= 15 is 0 Å². The van der Waals surface area contributed by atoms with Crippen LogP contribution in [0.2, 0.25) is 0 Å². The molecule has 0 aliphatic heterocycles. The lowest BCUT2D eigenvalue weighted by molar-refractivity contribution is 0.0695. The van der Waals surface area contributed by atoms with E-state index in [-0.39, 0.29) is 30.3 Å². The van der Waals surface area contributed by atoms with Crippen LogP contribution in [0.15, 0.2) is 48.8 Å². The molecule has 3 rings (SSSR count). The van der Waals surface area contributed by atoms with E-state index in [1.165, 1.54) is 24.5 Å². The number of hydrogen-bond acceptors (Lipinski definition) is 5. The Morgan fingerprint density at radius 2 is 1.85 bits per heavy atom. The van der Waals surface area contributed by atoms with Crippen LogP contribution in [0.25, 0.3) is 0 Å². The number of nitrogens with zero attached hydrogens (tertiary/aromatic N) is 3. The average molecular weight is 357 g/mol. The van der Waals surface area contributed by atoms with E-state index in [4.69, 9.17) is 9.47 Å². The lowest BCUT2D eigenvalue weighted by Gasteiger charge is -2.11. The number of aryl methyl sites for hydroxylation is 1. The molecule has 1 aromatic heterocycles. The molecule has 0 unspecified atom stereocenters. The van der Waals surface area contributed by atoms with Gasteiger partial charge in [0.2, 0.25) is 0 Å². The van der Waals surface area contributed by atoms with Crippen LogP contribution in [0.3, 0.4) is 0 Å². The molecule has 7 nitrogen and oxygen atoms in total. The van der Waals surface area contributed by atoms with Crippen LogP contribution in [0.1, 0.15) is 21.7 Å². The van der Waals surface area contributed by atoms with Gasteiger partial charge in [-0.2, -0.15) is 0 Å². The van der Waals surface area contributed by atoms with Crippen molar-refractivity contribution in [1.29, 1.82) is 0 Å². The Labute approximate surface area is 148 Å². The third kappa shape index (κ3) is 4.15. The molecule has 1 N–H and O–H groups in total. The van der Waals surface area contributed by atoms with E-state index in [0.717, 1.165) is 0 Å². The second-order valence-corrected chi connectivity index (χ2v) is 5.53. The van der Waals surface area contributed by atoms with Crippen LogP contribution < -0.4 is 9.47 Å². The average Bonchev–Trinajstić information content (AvgIpc) is 3.04. The summed E-state index contributed by atoms with van der Waals surface area (Å²) in [5.74, 6) is -0.359. The number of hydrogen-bond donors (Lipinski definition) is 1. The molecule has 134 valence electrons. The number of aromatic nitrogens is 3. The van der Waals surface area contributed by atoms with Crippen molar-refractivity contribution in [2.24, 2.45) is 7.05 Å². The highest BCUT2D eigenvalue weighted by atomic mass is 19.1. The Morgan fingerprint density at radius 3 is 2.46 bits per heavy atom. The lowest BCUT2D eigenvalue weighted by atomic mass is 10.2. The van der Waals surface area contributed by atoms with Gasteiger partial charge in [-0.1, -0.05) is 18.2 Å². The topological polar surface area (TPSA) is 86.5 Å². The van der Waals surface area contributed by atoms with E-state index in [2.05, 4.69) is 10.2 Å². The zero-order valence-electron chi connectivity index (χ0n) is 13.9. The smallest absolute Gasteiger partial charge is 0.335 e. The largest absolute Gasteiger partial charge is 0.489 e. The van der Waals surface area contributed by atoms with Gasteiger partial charge >= 0.3 is 5.97 Å². The van der Waals surface area contributed by atoms with Crippen molar-refractivity contribution in [3.8, 4) is 11.5 Å². The SMILES string of the molecule is Cn1cnnc1COc1cc(OCc2ccccc2F)cc(C(=O)O)c1. The minimum absolute atomic E-state index is 0.00370. The fraction of sp³-hybridized carbons (Fsp3) is 0.167. The van der Waals surface area contributed by atoms with Crippen molar-refractivity contribution in [3.63, 3.8) is 0 Å². The quantitative estimate of drug-likeness (QED) is 0.700. The van der Waals surface area contributed by atoms with Gasteiger partial charge in [0.05, 0.1) is 5.56 Å². The van der Waals surface area contributed by atoms with E-state index in [9.17, 15) is 14.3 Å². The minimum atomic E-state index is -1.12. The number of ether oxygens (including phenoxy) is 2. The van der Waals surface area contributed by atoms with E-state index in [1.807, 2.05) is 0 Å². The van der Waals surface area contributed by atoms with E-state index in [1.54, 1.807) is 35.9 Å². The molecule has 1 heterocycles. The number of halogens is 1. The highest BCUT2D eigenvalue weighted by Crippen LogP contribution is 2.25. The molecule has 0 aliphatic carbocycles. The molecule has 0 fully saturated rings. The summed E-state index contributed by atoms with van der Waals surface area (Å²) in [4.78, 5) is 11.3. The summed E-state index contributed by atoms with van der Waals surface area (Å²) >= 11 is 0. The number of rotatable bonds is 7. The van der Waals surface area contributed by atoms with Gasteiger partial charge in [0.15, 0.2) is 5.82 Å². The van der Waals surface area contributed by atoms with Gasteiger partial charge in [-0.05, 0) is 18.2 Å². The summed E-state index contributed by atoms with van der Waals surface area (Å²) in [6.45, 7) is 0.0881. The number of carboxylic acids is 1. The van der Waals surface area contributed by atoms with Gasteiger partial charge in [-0.25, -0.2) is 9.18 Å². The van der Waals surface area contributed by atoms with Gasteiger partial charge < -0.3 is 19.1 Å². The molecule has 2 aromatic carbocycles. The predicted molar refractivity (Wildman–Crippen MR) is 89.5 cm³/mol. The third-order valence-electron chi connectivity index (χ3n) is 3.65. The second kappa shape index (κ2) is 7.64. The first kappa shape index (κ1) is 17.4. The van der Waals surface area contributed by atoms with E-state index < -0.39 is 5.97 Å². The third-order valence-corrected chi connectivity index (χ3v) is 3.65. The monoisotopic (exact) mass is 357 g/mol. The van der Waals surface area contributed by atoms with Crippen molar-refractivity contribution in [1.82, 2.24) is 14.8 Å². The first-order valence-electron chi connectivity index (χ1n) is 7.73. The maximum Gasteiger partial charge on any atom is 0.335 e. The molecular formula is C18H16FN3O4. The van der Waals surface area contributed by atoms with Gasteiger partial charge in [0.25, 0.3) is 0 Å². The van der Waals surface area contributed by atoms with Crippen molar-refractivity contribution in [2.75, 3.05) is 0 Å². The molecule has 8 heteroatoms. The zero-order chi connectivity index (χ0) is 18.5. The molecule has 0 radical (unpaired) electrons. The summed E-state index contributed by atoms with van der Waals surface area (Å²) < 4.78 is 26.5. The van der Waals surface area contributed by atoms with Crippen molar-refractivity contribution < 1.29 is 23.8 Å². The highest BCUT2D eigenvalue weighted by Gasteiger charge is 2.11. The Hall–Kier alpha value is -3.42. The standard InChI is InChI=1S/C18H16FN3O4/c1-22-11-20-21-17(22)10-26-15-7-13(18(23)24)6-14(8-15)25-9-12-4-2-3-5-16(12)19/h2-8,11H,9-10H2,1H3,(H,23,24). The Balaban J connectivity index is 1.76. The van der Waals surface area contributed by atoms with E-state index in [0.29, 0.717) is 17.1 Å². The Bertz CT molecular complexity index is 926. The molecule has 3 aromatic rings. The fourth-order valence-corrected chi connectivity index (χ4v) is 2.22. The Morgan fingerprint density at radius 1 is 1.15 bits per heavy atom. The van der Waals surface area contributed by atoms with Gasteiger partial charge in [0, 0.05) is 18.7 Å². The summed E-state index contributed by atoms with van der Waals surface area (Å²) in [6, 6.07) is 10.5. The van der Waals surface area contributed by atoms with Crippen LogP contribution in [-0.4, -0.2) is 25.8 Å². The molecule has 0 bridgehead atoms. The van der Waals surface area contributed by atoms with Crippen LogP contribution in [-0.2, 0) is 20.3 Å². The highest BCUT2D eigenvalue weighted by molar-refractivity contribution is 5.88. The van der Waals surface area contributed by atoms with Crippen molar-refractivity contribution in [3.05, 3.63) is 71.6 Å². The number of carbonyl (C=O) groups is 1. The van der Waals surface area contributed by atoms with Crippen molar-refractivity contribution >= 4 is 5.97 Å². The number of benzene rings is 2.